The number of benzene rings is 2. The molecule has 2 aromatic carbocycles. The van der Waals surface area contributed by atoms with Crippen molar-refractivity contribution in [3.8, 4) is 11.5 Å². The second kappa shape index (κ2) is 8.96. The number of carboxylic acid groups (broad SMARTS) is 1. The molecule has 2 rings (SSSR count). The lowest BCUT2D eigenvalue weighted by Gasteiger charge is -2.12. The van der Waals surface area contributed by atoms with Crippen molar-refractivity contribution in [1.29, 1.82) is 0 Å². The highest BCUT2D eigenvalue weighted by molar-refractivity contribution is 6.34. The minimum absolute atomic E-state index is 0.0793. The molecule has 26 heavy (non-hydrogen) atoms. The lowest BCUT2D eigenvalue weighted by atomic mass is 10.1. The zero-order valence-corrected chi connectivity index (χ0v) is 14.9. The highest BCUT2D eigenvalue weighted by atomic mass is 35.5. The van der Waals surface area contributed by atoms with E-state index in [0.717, 1.165) is 0 Å². The number of ether oxygens (including phenoxy) is 2. The van der Waals surface area contributed by atoms with E-state index in [2.05, 4.69) is 5.32 Å². The maximum atomic E-state index is 12.1. The van der Waals surface area contributed by atoms with Crippen LogP contribution < -0.4 is 20.5 Å². The van der Waals surface area contributed by atoms with Gasteiger partial charge in [-0.15, -0.1) is 0 Å². The van der Waals surface area contributed by atoms with E-state index < -0.39 is 5.97 Å². The van der Waals surface area contributed by atoms with Crippen LogP contribution >= 0.6 is 11.6 Å². The average molecular weight is 379 g/mol. The van der Waals surface area contributed by atoms with Crippen molar-refractivity contribution in [2.75, 3.05) is 24.8 Å². The van der Waals surface area contributed by atoms with Gasteiger partial charge in [0.15, 0.2) is 0 Å². The highest BCUT2D eigenvalue weighted by Crippen LogP contribution is 2.31. The molecule has 138 valence electrons. The molecule has 0 bridgehead atoms. The second-order valence-electron chi connectivity index (χ2n) is 5.38. The summed E-state index contributed by atoms with van der Waals surface area (Å²) in [4.78, 5) is 23.2. The van der Waals surface area contributed by atoms with Gasteiger partial charge in [0.2, 0.25) is 5.91 Å². The minimum atomic E-state index is -1.17. The Labute approximate surface area is 155 Å². The molecule has 0 saturated heterocycles. The third kappa shape index (κ3) is 5.03. The van der Waals surface area contributed by atoms with Gasteiger partial charge in [0, 0.05) is 12.5 Å². The topological polar surface area (TPSA) is 111 Å². The van der Waals surface area contributed by atoms with E-state index >= 15 is 0 Å². The van der Waals surface area contributed by atoms with Crippen LogP contribution in [0.3, 0.4) is 0 Å². The molecule has 1 amide bonds. The molecule has 0 aromatic heterocycles. The Morgan fingerprint density at radius 1 is 1.23 bits per heavy atom. The zero-order chi connectivity index (χ0) is 19.1. The molecule has 0 spiro atoms. The summed E-state index contributed by atoms with van der Waals surface area (Å²) in [6.45, 7) is 0.330. The number of para-hydroxylation sites is 2. The summed E-state index contributed by atoms with van der Waals surface area (Å²) in [5.74, 6) is -0.759. The van der Waals surface area contributed by atoms with Gasteiger partial charge in [-0.25, -0.2) is 4.79 Å². The van der Waals surface area contributed by atoms with Crippen molar-refractivity contribution in [3.63, 3.8) is 0 Å². The molecular formula is C18H19ClN2O5. The van der Waals surface area contributed by atoms with E-state index in [4.69, 9.17) is 31.9 Å². The number of carbonyl (C=O) groups is 2. The van der Waals surface area contributed by atoms with Crippen LogP contribution in [0.4, 0.5) is 11.4 Å². The van der Waals surface area contributed by atoms with Crippen LogP contribution in [-0.4, -0.2) is 30.7 Å². The fourth-order valence-electron chi connectivity index (χ4n) is 2.22. The Morgan fingerprint density at radius 3 is 2.62 bits per heavy atom. The zero-order valence-electron chi connectivity index (χ0n) is 14.1. The van der Waals surface area contributed by atoms with E-state index in [1.54, 1.807) is 12.1 Å². The van der Waals surface area contributed by atoms with Crippen molar-refractivity contribution in [1.82, 2.24) is 0 Å². The average Bonchev–Trinajstić information content (AvgIpc) is 2.61. The predicted molar refractivity (Wildman–Crippen MR) is 99.2 cm³/mol. The lowest BCUT2D eigenvalue weighted by molar-refractivity contribution is -0.116. The predicted octanol–water partition coefficient (Wildman–Crippen LogP) is 3.43. The van der Waals surface area contributed by atoms with Crippen LogP contribution in [0.5, 0.6) is 11.5 Å². The summed E-state index contributed by atoms with van der Waals surface area (Å²) in [6, 6.07) is 9.73. The number of aromatic carboxylic acids is 1. The van der Waals surface area contributed by atoms with Crippen LogP contribution in [0.25, 0.3) is 0 Å². The van der Waals surface area contributed by atoms with Crippen LogP contribution in [0, 0.1) is 0 Å². The lowest BCUT2D eigenvalue weighted by Crippen LogP contribution is -2.14. The Hall–Kier alpha value is -2.93. The van der Waals surface area contributed by atoms with Crippen molar-refractivity contribution in [3.05, 3.63) is 47.0 Å². The Kier molecular flexibility index (Phi) is 6.68. The largest absolute Gasteiger partial charge is 0.496 e. The Bertz CT molecular complexity index is 810. The van der Waals surface area contributed by atoms with Crippen LogP contribution in [0.1, 0.15) is 23.2 Å². The summed E-state index contributed by atoms with van der Waals surface area (Å²) in [5, 5.41) is 11.9. The van der Waals surface area contributed by atoms with E-state index in [9.17, 15) is 9.59 Å². The molecule has 4 N–H and O–H groups in total. The van der Waals surface area contributed by atoms with Gasteiger partial charge in [0.1, 0.15) is 17.1 Å². The maximum Gasteiger partial charge on any atom is 0.339 e. The molecule has 7 nitrogen and oxygen atoms in total. The van der Waals surface area contributed by atoms with Crippen molar-refractivity contribution in [2.45, 2.75) is 12.8 Å². The fourth-order valence-corrected chi connectivity index (χ4v) is 2.44. The highest BCUT2D eigenvalue weighted by Gasteiger charge is 2.16. The summed E-state index contributed by atoms with van der Waals surface area (Å²) in [5.41, 5.74) is 6.51. The molecule has 0 aliphatic carbocycles. The standard InChI is InChI=1S/C18H19ClN2O5/c1-25-16-10-14(12(19)9-11(16)18(23)24)21-17(22)7-4-8-26-15-6-3-2-5-13(15)20/h2-3,5-6,9-10H,4,7-8,20H2,1H3,(H,21,22)(H,23,24). The molecule has 0 fully saturated rings. The van der Waals surface area contributed by atoms with Crippen molar-refractivity contribution < 1.29 is 24.2 Å². The molecule has 0 atom stereocenters. The summed E-state index contributed by atoms with van der Waals surface area (Å²) < 4.78 is 10.5. The molecule has 0 unspecified atom stereocenters. The number of carbonyl (C=O) groups excluding carboxylic acids is 1. The molecule has 8 heteroatoms. The number of hydrogen-bond acceptors (Lipinski definition) is 5. The van der Waals surface area contributed by atoms with E-state index in [0.29, 0.717) is 24.5 Å². The van der Waals surface area contributed by atoms with Gasteiger partial charge in [-0.3, -0.25) is 4.79 Å². The normalized spacial score (nSPS) is 10.2. The molecule has 0 aliphatic rings. The molecule has 0 heterocycles. The van der Waals surface area contributed by atoms with Gasteiger partial charge >= 0.3 is 5.97 Å². The summed E-state index contributed by atoms with van der Waals surface area (Å²) in [7, 11) is 1.34. The van der Waals surface area contributed by atoms with Crippen molar-refractivity contribution in [2.24, 2.45) is 0 Å². The number of amides is 1. The maximum absolute atomic E-state index is 12.1. The van der Waals surface area contributed by atoms with E-state index in [1.807, 2.05) is 12.1 Å². The summed E-state index contributed by atoms with van der Waals surface area (Å²) >= 11 is 6.03. The Morgan fingerprint density at radius 2 is 1.96 bits per heavy atom. The number of nitrogen functional groups attached to an aromatic ring is 1. The first-order valence-electron chi connectivity index (χ1n) is 7.80. The van der Waals surface area contributed by atoms with Gasteiger partial charge in [-0.2, -0.15) is 0 Å². The molecular weight excluding hydrogens is 360 g/mol. The summed E-state index contributed by atoms with van der Waals surface area (Å²) in [6.07, 6.45) is 0.675. The number of anilines is 2. The van der Waals surface area contributed by atoms with Gasteiger partial charge in [0.05, 0.1) is 30.1 Å². The molecule has 0 aliphatic heterocycles. The van der Waals surface area contributed by atoms with Crippen LogP contribution in [-0.2, 0) is 4.79 Å². The number of rotatable bonds is 8. The van der Waals surface area contributed by atoms with Crippen LogP contribution in [0.2, 0.25) is 5.02 Å². The van der Waals surface area contributed by atoms with Gasteiger partial charge in [-0.05, 0) is 24.6 Å². The number of methoxy groups -OCH3 is 1. The quantitative estimate of drug-likeness (QED) is 0.479. The third-order valence-corrected chi connectivity index (χ3v) is 3.83. The Balaban J connectivity index is 1.89. The minimum Gasteiger partial charge on any atom is -0.496 e. The first-order valence-corrected chi connectivity index (χ1v) is 8.18. The number of nitrogens with two attached hydrogens (primary N) is 1. The third-order valence-electron chi connectivity index (χ3n) is 3.52. The SMILES string of the molecule is COc1cc(NC(=O)CCCOc2ccccc2N)c(Cl)cc1C(=O)O. The molecule has 2 aromatic rings. The van der Waals surface area contributed by atoms with Gasteiger partial charge in [-0.1, -0.05) is 23.7 Å². The molecule has 0 saturated carbocycles. The monoisotopic (exact) mass is 378 g/mol. The fraction of sp³-hybridized carbons (Fsp3) is 0.222. The second-order valence-corrected chi connectivity index (χ2v) is 5.78. The number of hydrogen-bond donors (Lipinski definition) is 3. The number of halogens is 1. The number of carboxylic acids is 1. The first-order chi connectivity index (χ1) is 12.4. The van der Waals surface area contributed by atoms with Crippen LogP contribution in [0.15, 0.2) is 36.4 Å². The number of nitrogens with one attached hydrogen (secondary N) is 1. The van der Waals surface area contributed by atoms with Gasteiger partial charge in [0.25, 0.3) is 0 Å². The van der Waals surface area contributed by atoms with E-state index in [1.165, 1.54) is 19.2 Å². The van der Waals surface area contributed by atoms with E-state index in [-0.39, 0.29) is 34.4 Å². The van der Waals surface area contributed by atoms with Crippen molar-refractivity contribution >= 4 is 34.9 Å². The van der Waals surface area contributed by atoms with Gasteiger partial charge < -0.3 is 25.6 Å². The first kappa shape index (κ1) is 19.4. The molecule has 0 radical (unpaired) electrons. The smallest absolute Gasteiger partial charge is 0.339 e.